The van der Waals surface area contributed by atoms with Crippen molar-refractivity contribution >= 4 is 5.69 Å². The van der Waals surface area contributed by atoms with Crippen LogP contribution in [0.1, 0.15) is 11.1 Å². The molecule has 1 heterocycles. The van der Waals surface area contributed by atoms with Crippen molar-refractivity contribution in [2.24, 2.45) is 0 Å². The highest BCUT2D eigenvalue weighted by Crippen LogP contribution is 2.14. The van der Waals surface area contributed by atoms with Gasteiger partial charge in [0.15, 0.2) is 0 Å². The molecule has 0 bridgehead atoms. The molecule has 1 aliphatic rings. The largest absolute Gasteiger partial charge is 0.360 e. The van der Waals surface area contributed by atoms with Crippen molar-refractivity contribution in [2.45, 2.75) is 13.5 Å². The number of hydrogen-bond acceptors (Lipinski definition) is 1. The molecule has 1 fully saturated rings. The van der Waals surface area contributed by atoms with E-state index in [1.807, 2.05) is 12.1 Å². The Balaban J connectivity index is 1.56. The van der Waals surface area contributed by atoms with Gasteiger partial charge in [-0.05, 0) is 31.2 Å². The summed E-state index contributed by atoms with van der Waals surface area (Å²) in [5, 5.41) is 0. The molecule has 0 spiro atoms. The van der Waals surface area contributed by atoms with E-state index in [4.69, 9.17) is 0 Å². The van der Waals surface area contributed by atoms with Gasteiger partial charge in [0.1, 0.15) is 12.4 Å². The standard InChI is InChI=1S/C18H21FN2/c1-15-3-2-4-16(13-15)14-20-9-11-21(12-10-20)18-7-5-17(19)6-8-18/h2-8,13H,9-12,14H2,1H3/p+1. The van der Waals surface area contributed by atoms with Crippen LogP contribution in [0.4, 0.5) is 10.1 Å². The number of piperazine rings is 1. The van der Waals surface area contributed by atoms with Crippen LogP contribution < -0.4 is 9.80 Å². The summed E-state index contributed by atoms with van der Waals surface area (Å²) in [6.45, 7) is 7.57. The Morgan fingerprint density at radius 1 is 1.05 bits per heavy atom. The number of quaternary nitrogens is 1. The van der Waals surface area contributed by atoms with Crippen LogP contribution in [0.25, 0.3) is 0 Å². The quantitative estimate of drug-likeness (QED) is 0.907. The number of anilines is 1. The fraction of sp³-hybridized carbons (Fsp3) is 0.333. The molecule has 2 aromatic rings. The number of hydrogen-bond donors (Lipinski definition) is 1. The highest BCUT2D eigenvalue weighted by atomic mass is 19.1. The third-order valence-electron chi connectivity index (χ3n) is 4.20. The lowest BCUT2D eigenvalue weighted by atomic mass is 10.1. The van der Waals surface area contributed by atoms with E-state index in [1.54, 1.807) is 17.0 Å². The molecule has 21 heavy (non-hydrogen) atoms. The lowest BCUT2D eigenvalue weighted by Gasteiger charge is -2.33. The molecule has 1 aliphatic heterocycles. The minimum Gasteiger partial charge on any atom is -0.360 e. The number of halogens is 1. The van der Waals surface area contributed by atoms with Gasteiger partial charge in [0.2, 0.25) is 0 Å². The molecule has 0 radical (unpaired) electrons. The zero-order chi connectivity index (χ0) is 14.7. The summed E-state index contributed by atoms with van der Waals surface area (Å²) >= 11 is 0. The second kappa shape index (κ2) is 6.27. The van der Waals surface area contributed by atoms with E-state index in [2.05, 4.69) is 36.1 Å². The molecule has 2 aromatic carbocycles. The van der Waals surface area contributed by atoms with Crippen LogP contribution in [0.3, 0.4) is 0 Å². The number of nitrogens with one attached hydrogen (secondary N) is 1. The van der Waals surface area contributed by atoms with E-state index in [0.29, 0.717) is 0 Å². The summed E-state index contributed by atoms with van der Waals surface area (Å²) in [5.74, 6) is -0.164. The molecule has 2 nitrogen and oxygen atoms in total. The second-order valence-electron chi connectivity index (χ2n) is 5.88. The summed E-state index contributed by atoms with van der Waals surface area (Å²) in [6, 6.07) is 15.6. The van der Waals surface area contributed by atoms with E-state index in [1.165, 1.54) is 11.1 Å². The lowest BCUT2D eigenvalue weighted by Crippen LogP contribution is -3.13. The van der Waals surface area contributed by atoms with Crippen molar-refractivity contribution in [3.8, 4) is 0 Å². The molecule has 110 valence electrons. The van der Waals surface area contributed by atoms with Crippen LogP contribution in [-0.2, 0) is 6.54 Å². The summed E-state index contributed by atoms with van der Waals surface area (Å²) < 4.78 is 13.0. The fourth-order valence-corrected chi connectivity index (χ4v) is 3.02. The first kappa shape index (κ1) is 14.1. The predicted octanol–water partition coefficient (Wildman–Crippen LogP) is 2.04. The molecule has 0 atom stereocenters. The molecule has 3 heteroatoms. The second-order valence-corrected chi connectivity index (χ2v) is 5.88. The van der Waals surface area contributed by atoms with Crippen molar-refractivity contribution in [3.63, 3.8) is 0 Å². The normalized spacial score (nSPS) is 16.2. The molecule has 0 aromatic heterocycles. The zero-order valence-electron chi connectivity index (χ0n) is 12.5. The van der Waals surface area contributed by atoms with Gasteiger partial charge in [-0.25, -0.2) is 4.39 Å². The Labute approximate surface area is 125 Å². The van der Waals surface area contributed by atoms with Gasteiger partial charge in [-0.3, -0.25) is 0 Å². The van der Waals surface area contributed by atoms with Crippen LogP contribution >= 0.6 is 0 Å². The molecule has 0 amide bonds. The first-order valence-electron chi connectivity index (χ1n) is 7.60. The average Bonchev–Trinajstić information content (AvgIpc) is 2.49. The average molecular weight is 285 g/mol. The molecule has 0 unspecified atom stereocenters. The minimum atomic E-state index is -0.164. The third kappa shape index (κ3) is 3.61. The number of aryl methyl sites for hydroxylation is 1. The van der Waals surface area contributed by atoms with E-state index in [9.17, 15) is 4.39 Å². The fourth-order valence-electron chi connectivity index (χ4n) is 3.02. The summed E-state index contributed by atoms with van der Waals surface area (Å²) in [4.78, 5) is 3.97. The molecule has 0 saturated carbocycles. The molecular formula is C18H22FN2+. The van der Waals surface area contributed by atoms with Crippen molar-refractivity contribution in [3.05, 3.63) is 65.5 Å². The third-order valence-corrected chi connectivity index (χ3v) is 4.20. The Morgan fingerprint density at radius 3 is 2.43 bits per heavy atom. The van der Waals surface area contributed by atoms with Gasteiger partial charge in [-0.15, -0.1) is 0 Å². The summed E-state index contributed by atoms with van der Waals surface area (Å²) in [7, 11) is 0. The first-order chi connectivity index (χ1) is 10.2. The zero-order valence-corrected chi connectivity index (χ0v) is 12.5. The van der Waals surface area contributed by atoms with Gasteiger partial charge < -0.3 is 9.80 Å². The highest BCUT2D eigenvalue weighted by molar-refractivity contribution is 5.46. The maximum Gasteiger partial charge on any atom is 0.123 e. The van der Waals surface area contributed by atoms with Crippen LogP contribution in [0.15, 0.2) is 48.5 Å². The SMILES string of the molecule is Cc1cccc(C[NH+]2CCN(c3ccc(F)cc3)CC2)c1. The van der Waals surface area contributed by atoms with Crippen molar-refractivity contribution < 1.29 is 9.29 Å². The minimum absolute atomic E-state index is 0.164. The molecule has 3 rings (SSSR count). The summed E-state index contributed by atoms with van der Waals surface area (Å²) in [5.41, 5.74) is 3.88. The maximum absolute atomic E-state index is 13.0. The Kier molecular flexibility index (Phi) is 4.20. The van der Waals surface area contributed by atoms with Crippen molar-refractivity contribution in [2.75, 3.05) is 31.1 Å². The van der Waals surface area contributed by atoms with Gasteiger partial charge in [-0.1, -0.05) is 29.8 Å². The maximum atomic E-state index is 13.0. The first-order valence-corrected chi connectivity index (χ1v) is 7.60. The Bertz CT molecular complexity index is 586. The summed E-state index contributed by atoms with van der Waals surface area (Å²) in [6.07, 6.45) is 0. The van der Waals surface area contributed by atoms with Crippen LogP contribution in [-0.4, -0.2) is 26.2 Å². The molecule has 1 saturated heterocycles. The lowest BCUT2D eigenvalue weighted by molar-refractivity contribution is -0.914. The Morgan fingerprint density at radius 2 is 1.76 bits per heavy atom. The number of benzene rings is 2. The topological polar surface area (TPSA) is 7.68 Å². The van der Waals surface area contributed by atoms with E-state index in [0.717, 1.165) is 38.4 Å². The van der Waals surface area contributed by atoms with Gasteiger partial charge in [0.25, 0.3) is 0 Å². The predicted molar refractivity (Wildman–Crippen MR) is 84.2 cm³/mol. The van der Waals surface area contributed by atoms with Gasteiger partial charge in [0.05, 0.1) is 26.2 Å². The van der Waals surface area contributed by atoms with Gasteiger partial charge >= 0.3 is 0 Å². The smallest absolute Gasteiger partial charge is 0.123 e. The van der Waals surface area contributed by atoms with Gasteiger partial charge in [0, 0.05) is 11.3 Å². The number of rotatable bonds is 3. The highest BCUT2D eigenvalue weighted by Gasteiger charge is 2.20. The molecule has 0 aliphatic carbocycles. The van der Waals surface area contributed by atoms with E-state index in [-0.39, 0.29) is 5.82 Å². The van der Waals surface area contributed by atoms with Gasteiger partial charge in [-0.2, -0.15) is 0 Å². The molecule has 1 N–H and O–H groups in total. The van der Waals surface area contributed by atoms with E-state index < -0.39 is 0 Å². The molecular weight excluding hydrogens is 263 g/mol. The van der Waals surface area contributed by atoms with Crippen molar-refractivity contribution in [1.82, 2.24) is 0 Å². The van der Waals surface area contributed by atoms with Crippen LogP contribution in [0.2, 0.25) is 0 Å². The monoisotopic (exact) mass is 285 g/mol. The van der Waals surface area contributed by atoms with Crippen LogP contribution in [0, 0.1) is 12.7 Å². The van der Waals surface area contributed by atoms with E-state index >= 15 is 0 Å². The Hall–Kier alpha value is -1.87. The van der Waals surface area contributed by atoms with Crippen molar-refractivity contribution in [1.29, 1.82) is 0 Å². The number of nitrogens with zero attached hydrogens (tertiary/aromatic N) is 1. The van der Waals surface area contributed by atoms with Crippen LogP contribution in [0.5, 0.6) is 0 Å².